The Balaban J connectivity index is 1.43. The number of carbonyl (C=O) groups excluding carboxylic acids is 2. The predicted molar refractivity (Wildman–Crippen MR) is 125 cm³/mol. The Morgan fingerprint density at radius 1 is 1.03 bits per heavy atom. The molecule has 164 valence electrons. The number of thiophene rings is 1. The van der Waals surface area contributed by atoms with Crippen molar-refractivity contribution >= 4 is 33.2 Å². The third-order valence-electron chi connectivity index (χ3n) is 5.28. The van der Waals surface area contributed by atoms with Gasteiger partial charge in [-0.15, -0.1) is 11.3 Å². The van der Waals surface area contributed by atoms with Crippen LogP contribution in [0, 0.1) is 0 Å². The quantitative estimate of drug-likeness (QED) is 0.379. The molecule has 0 bridgehead atoms. The lowest BCUT2D eigenvalue weighted by molar-refractivity contribution is 0.0938. The molecule has 0 aliphatic rings. The van der Waals surface area contributed by atoms with Gasteiger partial charge in [-0.3, -0.25) is 14.7 Å². The third-order valence-corrected chi connectivity index (χ3v) is 6.23. The predicted octanol–water partition coefficient (Wildman–Crippen LogP) is 4.06. The fraction of sp³-hybridized carbons (Fsp3) is 0.208. The van der Waals surface area contributed by atoms with Crippen molar-refractivity contribution in [1.29, 1.82) is 0 Å². The normalized spacial score (nSPS) is 10.8. The number of nitrogens with zero attached hydrogens (tertiary/aromatic N) is 1. The van der Waals surface area contributed by atoms with Gasteiger partial charge in [-0.25, -0.2) is 0 Å². The van der Waals surface area contributed by atoms with E-state index in [-0.39, 0.29) is 11.8 Å². The smallest absolute Gasteiger partial charge is 0.272 e. The molecule has 0 aliphatic carbocycles. The fourth-order valence-corrected chi connectivity index (χ4v) is 4.41. The summed E-state index contributed by atoms with van der Waals surface area (Å²) in [6.07, 6.45) is 0.786. The van der Waals surface area contributed by atoms with Gasteiger partial charge in [0, 0.05) is 24.2 Å². The number of aromatic nitrogens is 2. The highest BCUT2D eigenvalue weighted by atomic mass is 32.1. The molecule has 3 N–H and O–H groups in total. The van der Waals surface area contributed by atoms with Gasteiger partial charge < -0.3 is 15.4 Å². The number of methoxy groups -OCH3 is 1. The first-order valence-corrected chi connectivity index (χ1v) is 11.2. The average Bonchev–Trinajstić information content (AvgIpc) is 3.51. The van der Waals surface area contributed by atoms with Crippen LogP contribution in [0.1, 0.15) is 44.6 Å². The summed E-state index contributed by atoms with van der Waals surface area (Å²) in [6, 6.07) is 15.0. The molecular formula is C24H24N4O3S. The van der Waals surface area contributed by atoms with E-state index in [4.69, 9.17) is 4.74 Å². The molecule has 32 heavy (non-hydrogen) atoms. The summed E-state index contributed by atoms with van der Waals surface area (Å²) in [5.41, 5.74) is 3.77. The van der Waals surface area contributed by atoms with E-state index in [1.165, 1.54) is 11.3 Å². The molecule has 2 heterocycles. The van der Waals surface area contributed by atoms with Gasteiger partial charge >= 0.3 is 0 Å². The Morgan fingerprint density at radius 3 is 2.41 bits per heavy atom. The average molecular weight is 449 g/mol. The van der Waals surface area contributed by atoms with Gasteiger partial charge in [-0.1, -0.05) is 31.2 Å². The molecule has 0 unspecified atom stereocenters. The van der Waals surface area contributed by atoms with Crippen molar-refractivity contribution in [2.45, 2.75) is 26.4 Å². The first-order valence-electron chi connectivity index (χ1n) is 10.3. The minimum absolute atomic E-state index is 0.150. The van der Waals surface area contributed by atoms with Gasteiger partial charge in [0.15, 0.2) is 0 Å². The molecule has 2 aromatic heterocycles. The number of fused-ring (bicyclic) bond motifs is 1. The molecule has 0 spiro atoms. The number of amides is 2. The van der Waals surface area contributed by atoms with Crippen LogP contribution < -0.4 is 15.4 Å². The van der Waals surface area contributed by atoms with Crippen LogP contribution in [-0.4, -0.2) is 29.1 Å². The first-order chi connectivity index (χ1) is 15.6. The van der Waals surface area contributed by atoms with Gasteiger partial charge in [-0.2, -0.15) is 5.10 Å². The topological polar surface area (TPSA) is 96.1 Å². The Bertz CT molecular complexity index is 1260. The number of aromatic amines is 1. The zero-order valence-corrected chi connectivity index (χ0v) is 18.7. The number of H-pyrrole nitrogens is 1. The van der Waals surface area contributed by atoms with E-state index in [9.17, 15) is 9.59 Å². The lowest BCUT2D eigenvalue weighted by atomic mass is 10.1. The molecule has 2 aromatic carbocycles. The summed E-state index contributed by atoms with van der Waals surface area (Å²) < 4.78 is 6.28. The highest BCUT2D eigenvalue weighted by Gasteiger charge is 2.15. The van der Waals surface area contributed by atoms with E-state index in [2.05, 4.69) is 20.8 Å². The van der Waals surface area contributed by atoms with Crippen molar-refractivity contribution in [3.05, 3.63) is 82.0 Å². The van der Waals surface area contributed by atoms with E-state index < -0.39 is 0 Å². The molecule has 0 radical (unpaired) electrons. The highest BCUT2D eigenvalue weighted by molar-refractivity contribution is 7.17. The highest BCUT2D eigenvalue weighted by Crippen LogP contribution is 2.32. The molecule has 8 heteroatoms. The monoisotopic (exact) mass is 448 g/mol. The van der Waals surface area contributed by atoms with Crippen molar-refractivity contribution in [2.75, 3.05) is 7.11 Å². The van der Waals surface area contributed by atoms with E-state index in [1.807, 2.05) is 48.7 Å². The van der Waals surface area contributed by atoms with Crippen LogP contribution in [0.3, 0.4) is 0 Å². The number of nitrogens with one attached hydrogen (secondary N) is 3. The molecule has 0 saturated heterocycles. The third kappa shape index (κ3) is 4.50. The molecule has 7 nitrogen and oxygen atoms in total. The van der Waals surface area contributed by atoms with E-state index in [1.54, 1.807) is 19.2 Å². The molecule has 4 rings (SSSR count). The number of ether oxygens (including phenoxy) is 1. The van der Waals surface area contributed by atoms with Gasteiger partial charge in [0.2, 0.25) is 0 Å². The Kier molecular flexibility index (Phi) is 6.51. The van der Waals surface area contributed by atoms with Gasteiger partial charge in [0.05, 0.1) is 17.4 Å². The Hall–Kier alpha value is -3.65. The maximum absolute atomic E-state index is 12.9. The number of aryl methyl sites for hydroxylation is 1. The lowest BCUT2D eigenvalue weighted by Gasteiger charge is -2.12. The molecule has 2 amide bonds. The van der Waals surface area contributed by atoms with Crippen LogP contribution in [0.25, 0.3) is 10.1 Å². The summed E-state index contributed by atoms with van der Waals surface area (Å²) in [5.74, 6) is 0.363. The molecule has 0 atom stereocenters. The van der Waals surface area contributed by atoms with Crippen LogP contribution >= 0.6 is 11.3 Å². The van der Waals surface area contributed by atoms with Crippen LogP contribution in [0.2, 0.25) is 0 Å². The standard InChI is InChI=1S/C24H24N4O3S/c1-3-17-12-20(28-27-17)24(30)26-14-16-7-5-4-6-15(16)13-25-23(29)19-8-9-21(31-2)18-10-11-32-22(18)19/h4-12H,3,13-14H2,1-2H3,(H,25,29)(H,26,30)(H,27,28). The molecule has 4 aromatic rings. The zero-order chi connectivity index (χ0) is 22.5. The summed E-state index contributed by atoms with van der Waals surface area (Å²) in [7, 11) is 1.62. The van der Waals surface area contributed by atoms with E-state index in [0.29, 0.717) is 24.3 Å². The second-order valence-corrected chi connectivity index (χ2v) is 8.16. The second kappa shape index (κ2) is 9.65. The summed E-state index contributed by atoms with van der Waals surface area (Å²) in [4.78, 5) is 25.3. The van der Waals surface area contributed by atoms with Crippen molar-refractivity contribution in [2.24, 2.45) is 0 Å². The van der Waals surface area contributed by atoms with Crippen LogP contribution in [-0.2, 0) is 19.5 Å². The van der Waals surface area contributed by atoms with Gasteiger partial charge in [-0.05, 0) is 47.2 Å². The molecule has 0 fully saturated rings. The van der Waals surface area contributed by atoms with Gasteiger partial charge in [0.25, 0.3) is 11.8 Å². The molecular weight excluding hydrogens is 424 g/mol. The largest absolute Gasteiger partial charge is 0.496 e. The van der Waals surface area contributed by atoms with Crippen LogP contribution in [0.4, 0.5) is 0 Å². The van der Waals surface area contributed by atoms with E-state index >= 15 is 0 Å². The minimum atomic E-state index is -0.238. The van der Waals surface area contributed by atoms with Crippen molar-refractivity contribution in [1.82, 2.24) is 20.8 Å². The lowest BCUT2D eigenvalue weighted by Crippen LogP contribution is -2.26. The van der Waals surface area contributed by atoms with Gasteiger partial charge in [0.1, 0.15) is 11.4 Å². The second-order valence-electron chi connectivity index (χ2n) is 7.24. The zero-order valence-electron chi connectivity index (χ0n) is 17.9. The number of hydrogen-bond acceptors (Lipinski definition) is 5. The van der Waals surface area contributed by atoms with Crippen molar-refractivity contribution in [3.63, 3.8) is 0 Å². The van der Waals surface area contributed by atoms with E-state index in [0.717, 1.165) is 39.1 Å². The summed E-state index contributed by atoms with van der Waals surface area (Å²) >= 11 is 1.51. The fourth-order valence-electron chi connectivity index (χ4n) is 3.49. The molecule has 0 saturated carbocycles. The van der Waals surface area contributed by atoms with Crippen molar-refractivity contribution in [3.8, 4) is 5.75 Å². The Morgan fingerprint density at radius 2 is 1.75 bits per heavy atom. The summed E-state index contributed by atoms with van der Waals surface area (Å²) in [5, 5.41) is 15.7. The van der Waals surface area contributed by atoms with Crippen LogP contribution in [0.5, 0.6) is 5.75 Å². The number of hydrogen-bond donors (Lipinski definition) is 3. The minimum Gasteiger partial charge on any atom is -0.496 e. The first kappa shape index (κ1) is 21.6. The Labute approximate surface area is 189 Å². The maximum Gasteiger partial charge on any atom is 0.272 e. The number of rotatable bonds is 8. The number of benzene rings is 2. The molecule has 0 aliphatic heterocycles. The SMILES string of the molecule is CCc1cc(C(=O)NCc2ccccc2CNC(=O)c2ccc(OC)c3ccsc23)n[nH]1. The number of carbonyl (C=O) groups is 2. The summed E-state index contributed by atoms with van der Waals surface area (Å²) in [6.45, 7) is 2.69. The van der Waals surface area contributed by atoms with Crippen LogP contribution in [0.15, 0.2) is 53.9 Å². The maximum atomic E-state index is 12.9. The van der Waals surface area contributed by atoms with Crippen molar-refractivity contribution < 1.29 is 14.3 Å².